The normalized spacial score (nSPS) is 10.8. The number of carbonyl (C=O) groups is 1. The lowest BCUT2D eigenvalue weighted by Gasteiger charge is -2.06. The van der Waals surface area contributed by atoms with Crippen molar-refractivity contribution < 1.29 is 9.90 Å². The fourth-order valence-corrected chi connectivity index (χ4v) is 2.64. The van der Waals surface area contributed by atoms with Crippen molar-refractivity contribution in [3.8, 4) is 16.9 Å². The maximum absolute atomic E-state index is 11.9. The van der Waals surface area contributed by atoms with Gasteiger partial charge in [0.05, 0.1) is 0 Å². The number of benzene rings is 3. The number of phenols is 1. The second-order valence-corrected chi connectivity index (χ2v) is 6.03. The van der Waals surface area contributed by atoms with Crippen LogP contribution in [0.25, 0.3) is 17.2 Å². The molecule has 3 aromatic carbocycles. The van der Waals surface area contributed by atoms with E-state index >= 15 is 0 Å². The first-order chi connectivity index (χ1) is 12.7. The molecule has 26 heavy (non-hydrogen) atoms. The van der Waals surface area contributed by atoms with Crippen LogP contribution in [0.4, 0.5) is 0 Å². The summed E-state index contributed by atoms with van der Waals surface area (Å²) in [7, 11) is 0. The van der Waals surface area contributed by atoms with Crippen LogP contribution in [0.1, 0.15) is 11.1 Å². The Morgan fingerprint density at radius 1 is 0.846 bits per heavy atom. The molecule has 0 radical (unpaired) electrons. The highest BCUT2D eigenvalue weighted by Crippen LogP contribution is 2.22. The summed E-state index contributed by atoms with van der Waals surface area (Å²) in [4.78, 5) is 11.9. The molecular weight excluding hydrogens is 322 g/mol. The maximum atomic E-state index is 11.9. The lowest BCUT2D eigenvalue weighted by atomic mass is 10.0. The molecule has 130 valence electrons. The second-order valence-electron chi connectivity index (χ2n) is 6.03. The largest absolute Gasteiger partial charge is 0.508 e. The molecule has 0 aromatic heterocycles. The molecule has 0 aliphatic carbocycles. The van der Waals surface area contributed by atoms with E-state index in [1.807, 2.05) is 48.5 Å². The van der Waals surface area contributed by atoms with Crippen LogP contribution < -0.4 is 5.32 Å². The summed E-state index contributed by atoms with van der Waals surface area (Å²) in [5.74, 6) is 0.178. The van der Waals surface area contributed by atoms with Gasteiger partial charge in [-0.05, 0) is 46.9 Å². The molecule has 0 unspecified atom stereocenters. The second kappa shape index (κ2) is 8.67. The van der Waals surface area contributed by atoms with Crippen molar-refractivity contribution in [1.29, 1.82) is 0 Å². The summed E-state index contributed by atoms with van der Waals surface area (Å²) in [6.45, 7) is 0.594. The Bertz CT molecular complexity index is 866. The van der Waals surface area contributed by atoms with Gasteiger partial charge in [-0.15, -0.1) is 0 Å². The number of amides is 1. The van der Waals surface area contributed by atoms with Gasteiger partial charge >= 0.3 is 0 Å². The van der Waals surface area contributed by atoms with Crippen molar-refractivity contribution in [3.05, 3.63) is 96.1 Å². The molecule has 0 aliphatic heterocycles. The minimum atomic E-state index is -0.0884. The molecule has 2 N–H and O–H groups in total. The molecule has 0 aliphatic rings. The zero-order valence-corrected chi connectivity index (χ0v) is 14.4. The molecule has 3 rings (SSSR count). The van der Waals surface area contributed by atoms with E-state index in [2.05, 4.69) is 29.6 Å². The molecule has 0 bridgehead atoms. The highest BCUT2D eigenvalue weighted by atomic mass is 16.3. The number of nitrogens with one attached hydrogen (secondary N) is 1. The summed E-state index contributed by atoms with van der Waals surface area (Å²) in [5, 5.41) is 12.3. The predicted octanol–water partition coefficient (Wildman–Crippen LogP) is 4.43. The zero-order chi connectivity index (χ0) is 18.2. The van der Waals surface area contributed by atoms with Crippen molar-refractivity contribution >= 4 is 12.0 Å². The van der Waals surface area contributed by atoms with Crippen LogP contribution in [0.3, 0.4) is 0 Å². The first kappa shape index (κ1) is 17.5. The van der Waals surface area contributed by atoms with Crippen LogP contribution >= 0.6 is 0 Å². The Hall–Kier alpha value is -3.33. The van der Waals surface area contributed by atoms with Gasteiger partial charge in [-0.3, -0.25) is 4.79 Å². The average molecular weight is 343 g/mol. The molecule has 0 heterocycles. The van der Waals surface area contributed by atoms with E-state index in [1.165, 1.54) is 5.56 Å². The topological polar surface area (TPSA) is 49.3 Å². The smallest absolute Gasteiger partial charge is 0.244 e. The number of carbonyl (C=O) groups excluding carboxylic acids is 1. The van der Waals surface area contributed by atoms with Gasteiger partial charge in [-0.1, -0.05) is 66.7 Å². The van der Waals surface area contributed by atoms with Crippen LogP contribution in [0, 0.1) is 0 Å². The standard InChI is InChI=1S/C23H21NO2/c25-22-13-11-21(12-14-22)20-9-6-19(7-10-20)16-17-24-23(26)15-8-18-4-2-1-3-5-18/h1-15,25H,16-17H2,(H,24,26)/b15-8+. The number of phenolic OH excluding ortho intramolecular Hbond substituents is 1. The Balaban J connectivity index is 1.48. The molecule has 0 atom stereocenters. The first-order valence-electron chi connectivity index (χ1n) is 8.60. The Labute approximate surface area is 153 Å². The van der Waals surface area contributed by atoms with Crippen LogP contribution in [0.15, 0.2) is 84.9 Å². The summed E-state index contributed by atoms with van der Waals surface area (Å²) in [5.41, 5.74) is 4.34. The van der Waals surface area contributed by atoms with Crippen molar-refractivity contribution in [1.82, 2.24) is 5.32 Å². The van der Waals surface area contributed by atoms with Gasteiger partial charge in [0.25, 0.3) is 0 Å². The minimum absolute atomic E-state index is 0.0884. The van der Waals surface area contributed by atoms with Crippen molar-refractivity contribution in [2.24, 2.45) is 0 Å². The number of rotatable bonds is 6. The van der Waals surface area contributed by atoms with E-state index in [1.54, 1.807) is 18.2 Å². The Morgan fingerprint density at radius 2 is 1.46 bits per heavy atom. The third-order valence-electron chi connectivity index (χ3n) is 4.09. The third-order valence-corrected chi connectivity index (χ3v) is 4.09. The van der Waals surface area contributed by atoms with E-state index in [4.69, 9.17) is 0 Å². The van der Waals surface area contributed by atoms with Gasteiger partial charge in [0, 0.05) is 12.6 Å². The van der Waals surface area contributed by atoms with Gasteiger partial charge < -0.3 is 10.4 Å². The van der Waals surface area contributed by atoms with Gasteiger partial charge in [0.1, 0.15) is 5.75 Å². The van der Waals surface area contributed by atoms with E-state index in [-0.39, 0.29) is 11.7 Å². The number of hydrogen-bond acceptors (Lipinski definition) is 2. The fraction of sp³-hybridized carbons (Fsp3) is 0.0870. The van der Waals surface area contributed by atoms with Gasteiger partial charge in [0.2, 0.25) is 5.91 Å². The van der Waals surface area contributed by atoms with E-state index in [0.717, 1.165) is 23.1 Å². The molecule has 0 spiro atoms. The van der Waals surface area contributed by atoms with Crippen molar-refractivity contribution in [2.45, 2.75) is 6.42 Å². The minimum Gasteiger partial charge on any atom is -0.508 e. The summed E-state index contributed by atoms with van der Waals surface area (Å²) in [6.07, 6.45) is 4.14. The summed E-state index contributed by atoms with van der Waals surface area (Å²) in [6, 6.07) is 25.1. The molecular formula is C23H21NO2. The highest BCUT2D eigenvalue weighted by molar-refractivity contribution is 5.91. The first-order valence-corrected chi connectivity index (χ1v) is 8.60. The number of aromatic hydroxyl groups is 1. The highest BCUT2D eigenvalue weighted by Gasteiger charge is 2.00. The monoisotopic (exact) mass is 343 g/mol. The molecule has 3 aromatic rings. The third kappa shape index (κ3) is 5.08. The SMILES string of the molecule is O=C(/C=C/c1ccccc1)NCCc1ccc(-c2ccc(O)cc2)cc1. The van der Waals surface area contributed by atoms with Gasteiger partial charge in [-0.25, -0.2) is 0 Å². The van der Waals surface area contributed by atoms with Crippen molar-refractivity contribution in [3.63, 3.8) is 0 Å². The fourth-order valence-electron chi connectivity index (χ4n) is 2.64. The van der Waals surface area contributed by atoms with Crippen molar-refractivity contribution in [2.75, 3.05) is 6.54 Å². The molecule has 3 heteroatoms. The predicted molar refractivity (Wildman–Crippen MR) is 106 cm³/mol. The van der Waals surface area contributed by atoms with Crippen LogP contribution in [-0.4, -0.2) is 17.6 Å². The molecule has 1 amide bonds. The van der Waals surface area contributed by atoms with Gasteiger partial charge in [0.15, 0.2) is 0 Å². The molecule has 0 saturated carbocycles. The van der Waals surface area contributed by atoms with E-state index in [0.29, 0.717) is 6.54 Å². The maximum Gasteiger partial charge on any atom is 0.244 e. The quantitative estimate of drug-likeness (QED) is 0.651. The molecule has 3 nitrogen and oxygen atoms in total. The van der Waals surface area contributed by atoms with Crippen LogP contribution in [0.2, 0.25) is 0 Å². The van der Waals surface area contributed by atoms with Crippen LogP contribution in [-0.2, 0) is 11.2 Å². The average Bonchev–Trinajstić information content (AvgIpc) is 2.68. The summed E-state index contributed by atoms with van der Waals surface area (Å²) >= 11 is 0. The van der Waals surface area contributed by atoms with E-state index in [9.17, 15) is 9.90 Å². The molecule has 0 saturated heterocycles. The van der Waals surface area contributed by atoms with E-state index < -0.39 is 0 Å². The lowest BCUT2D eigenvalue weighted by molar-refractivity contribution is -0.116. The zero-order valence-electron chi connectivity index (χ0n) is 14.4. The lowest BCUT2D eigenvalue weighted by Crippen LogP contribution is -2.23. The molecule has 0 fully saturated rings. The number of hydrogen-bond donors (Lipinski definition) is 2. The summed E-state index contributed by atoms with van der Waals surface area (Å²) < 4.78 is 0. The van der Waals surface area contributed by atoms with Gasteiger partial charge in [-0.2, -0.15) is 0 Å². The van der Waals surface area contributed by atoms with Crippen LogP contribution in [0.5, 0.6) is 5.75 Å². The Morgan fingerprint density at radius 3 is 2.12 bits per heavy atom. The Kier molecular flexibility index (Phi) is 5.84.